The Morgan fingerprint density at radius 3 is 2.61 bits per heavy atom. The Bertz CT molecular complexity index is 556. The van der Waals surface area contributed by atoms with Gasteiger partial charge >= 0.3 is 0 Å². The second kappa shape index (κ2) is 6.89. The first-order valence-electron chi connectivity index (χ1n) is 8.34. The van der Waals surface area contributed by atoms with Crippen LogP contribution in [0.1, 0.15) is 30.4 Å². The largest absolute Gasteiger partial charge is 0.493 e. The summed E-state index contributed by atoms with van der Waals surface area (Å²) in [6.07, 6.45) is 1.93. The molecule has 1 aromatic carbocycles. The highest BCUT2D eigenvalue weighted by molar-refractivity contribution is 5.76. The number of benzene rings is 1. The number of carbonyl (C=O) groups is 1. The van der Waals surface area contributed by atoms with Crippen molar-refractivity contribution in [3.63, 3.8) is 0 Å². The third-order valence-electron chi connectivity index (χ3n) is 4.61. The van der Waals surface area contributed by atoms with Crippen LogP contribution in [0.5, 0.6) is 5.75 Å². The molecule has 0 bridgehead atoms. The fraction of sp³-hybridized carbons (Fsp3) is 0.611. The topological polar surface area (TPSA) is 48.0 Å². The molecule has 3 rings (SSSR count). The lowest BCUT2D eigenvalue weighted by Gasteiger charge is -2.37. The van der Waals surface area contributed by atoms with E-state index in [1.807, 2.05) is 30.9 Å². The fourth-order valence-electron chi connectivity index (χ4n) is 3.15. The van der Waals surface area contributed by atoms with Crippen LogP contribution < -0.4 is 4.74 Å². The molecule has 1 amide bonds. The van der Waals surface area contributed by atoms with Crippen molar-refractivity contribution in [2.75, 3.05) is 32.9 Å². The predicted octanol–water partition coefficient (Wildman–Crippen LogP) is 2.44. The van der Waals surface area contributed by atoms with Gasteiger partial charge in [-0.2, -0.15) is 0 Å². The highest BCUT2D eigenvalue weighted by atomic mass is 16.7. The van der Waals surface area contributed by atoms with E-state index in [0.29, 0.717) is 39.3 Å². The van der Waals surface area contributed by atoms with Crippen LogP contribution in [0.2, 0.25) is 0 Å². The summed E-state index contributed by atoms with van der Waals surface area (Å²) in [5.74, 6) is 0.581. The van der Waals surface area contributed by atoms with Crippen LogP contribution in [0.15, 0.2) is 18.2 Å². The van der Waals surface area contributed by atoms with Crippen molar-refractivity contribution in [3.05, 3.63) is 29.3 Å². The maximum Gasteiger partial charge on any atom is 0.226 e. The van der Waals surface area contributed by atoms with Crippen LogP contribution in [0.3, 0.4) is 0 Å². The Morgan fingerprint density at radius 1 is 1.22 bits per heavy atom. The van der Waals surface area contributed by atoms with Crippen LogP contribution in [0.4, 0.5) is 0 Å². The first kappa shape index (κ1) is 16.3. The Morgan fingerprint density at radius 2 is 1.91 bits per heavy atom. The molecule has 0 N–H and O–H groups in total. The molecule has 0 aliphatic carbocycles. The molecule has 2 saturated heterocycles. The first-order chi connectivity index (χ1) is 11.1. The van der Waals surface area contributed by atoms with E-state index >= 15 is 0 Å². The Balaban J connectivity index is 1.44. The quantitative estimate of drug-likeness (QED) is 0.855. The molecule has 126 valence electrons. The number of nitrogens with zero attached hydrogens (tertiary/aromatic N) is 1. The van der Waals surface area contributed by atoms with Crippen molar-refractivity contribution in [2.24, 2.45) is 0 Å². The normalized spacial score (nSPS) is 20.0. The second-order valence-electron chi connectivity index (χ2n) is 6.36. The molecule has 2 heterocycles. The molecule has 5 nitrogen and oxygen atoms in total. The van der Waals surface area contributed by atoms with Gasteiger partial charge in [0.15, 0.2) is 5.79 Å². The minimum atomic E-state index is -0.425. The molecule has 0 unspecified atom stereocenters. The van der Waals surface area contributed by atoms with Crippen molar-refractivity contribution in [2.45, 2.75) is 38.9 Å². The third kappa shape index (κ3) is 3.85. The van der Waals surface area contributed by atoms with Crippen LogP contribution in [0.25, 0.3) is 0 Å². The van der Waals surface area contributed by atoms with Gasteiger partial charge in [0.05, 0.1) is 26.2 Å². The molecule has 0 atom stereocenters. The lowest BCUT2D eigenvalue weighted by molar-refractivity contribution is -0.187. The molecule has 2 aliphatic heterocycles. The van der Waals surface area contributed by atoms with E-state index in [4.69, 9.17) is 14.2 Å². The van der Waals surface area contributed by atoms with Gasteiger partial charge in [0.2, 0.25) is 5.91 Å². The molecule has 0 radical (unpaired) electrons. The van der Waals surface area contributed by atoms with Gasteiger partial charge in [-0.3, -0.25) is 4.79 Å². The lowest BCUT2D eigenvalue weighted by atomic mass is 10.0. The number of aryl methyl sites for hydroxylation is 2. The number of likely N-dealkylation sites (tertiary alicyclic amines) is 1. The van der Waals surface area contributed by atoms with E-state index in [-0.39, 0.29) is 5.91 Å². The SMILES string of the molecule is Cc1ccc(C)c(OCCC(=O)N2CCC3(CC2)OCCO3)c1. The van der Waals surface area contributed by atoms with Gasteiger partial charge in [0.1, 0.15) is 5.75 Å². The summed E-state index contributed by atoms with van der Waals surface area (Å²) >= 11 is 0. The summed E-state index contributed by atoms with van der Waals surface area (Å²) in [5.41, 5.74) is 2.26. The van der Waals surface area contributed by atoms with Crippen molar-refractivity contribution in [3.8, 4) is 5.75 Å². The van der Waals surface area contributed by atoms with Gasteiger partial charge < -0.3 is 19.1 Å². The summed E-state index contributed by atoms with van der Waals surface area (Å²) < 4.78 is 17.2. The van der Waals surface area contributed by atoms with Crippen molar-refractivity contribution >= 4 is 5.91 Å². The van der Waals surface area contributed by atoms with Crippen LogP contribution in [-0.4, -0.2) is 49.5 Å². The van der Waals surface area contributed by atoms with Crippen LogP contribution in [-0.2, 0) is 14.3 Å². The molecule has 1 aromatic rings. The molecular weight excluding hydrogens is 294 g/mol. The molecule has 5 heteroatoms. The maximum absolute atomic E-state index is 12.3. The zero-order valence-corrected chi connectivity index (χ0v) is 14.0. The van der Waals surface area contributed by atoms with Gasteiger partial charge in [-0.15, -0.1) is 0 Å². The molecule has 0 saturated carbocycles. The summed E-state index contributed by atoms with van der Waals surface area (Å²) in [7, 11) is 0. The van der Waals surface area contributed by atoms with Gasteiger partial charge in [-0.1, -0.05) is 12.1 Å². The molecule has 1 spiro atoms. The number of amides is 1. The highest BCUT2D eigenvalue weighted by Gasteiger charge is 2.40. The first-order valence-corrected chi connectivity index (χ1v) is 8.34. The van der Waals surface area contributed by atoms with E-state index in [0.717, 1.165) is 29.7 Å². The number of hydrogen-bond acceptors (Lipinski definition) is 4. The average Bonchev–Trinajstić information content (AvgIpc) is 2.99. The van der Waals surface area contributed by atoms with Crippen LogP contribution >= 0.6 is 0 Å². The number of piperidine rings is 1. The van der Waals surface area contributed by atoms with E-state index in [2.05, 4.69) is 6.07 Å². The average molecular weight is 319 g/mol. The zero-order valence-electron chi connectivity index (χ0n) is 14.0. The fourth-order valence-corrected chi connectivity index (χ4v) is 3.15. The van der Waals surface area contributed by atoms with E-state index in [9.17, 15) is 4.79 Å². The van der Waals surface area contributed by atoms with Crippen molar-refractivity contribution in [1.82, 2.24) is 4.90 Å². The van der Waals surface area contributed by atoms with Crippen molar-refractivity contribution < 1.29 is 19.0 Å². The monoisotopic (exact) mass is 319 g/mol. The molecule has 0 aromatic heterocycles. The minimum Gasteiger partial charge on any atom is -0.493 e. The summed E-state index contributed by atoms with van der Waals surface area (Å²) in [6, 6.07) is 6.11. The van der Waals surface area contributed by atoms with Crippen molar-refractivity contribution in [1.29, 1.82) is 0 Å². The molecule has 2 aliphatic rings. The summed E-state index contributed by atoms with van der Waals surface area (Å²) in [4.78, 5) is 14.2. The Labute approximate surface area is 137 Å². The number of hydrogen-bond donors (Lipinski definition) is 0. The number of carbonyl (C=O) groups excluding carboxylic acids is 1. The minimum absolute atomic E-state index is 0.142. The summed E-state index contributed by atoms with van der Waals surface area (Å²) in [6.45, 7) is 7.19. The van der Waals surface area contributed by atoms with Gasteiger partial charge in [0.25, 0.3) is 0 Å². The van der Waals surface area contributed by atoms with Gasteiger partial charge in [-0.25, -0.2) is 0 Å². The van der Waals surface area contributed by atoms with Crippen LogP contribution in [0, 0.1) is 13.8 Å². The molecule has 23 heavy (non-hydrogen) atoms. The Kier molecular flexibility index (Phi) is 4.87. The standard InChI is InChI=1S/C18H25NO4/c1-14-3-4-15(2)16(13-14)21-10-5-17(20)19-8-6-18(7-9-19)22-11-12-23-18/h3-4,13H,5-12H2,1-2H3. The zero-order chi connectivity index (χ0) is 16.3. The molecule has 2 fully saturated rings. The summed E-state index contributed by atoms with van der Waals surface area (Å²) in [5, 5.41) is 0. The lowest BCUT2D eigenvalue weighted by Crippen LogP contribution is -2.47. The third-order valence-corrected chi connectivity index (χ3v) is 4.61. The van der Waals surface area contributed by atoms with E-state index < -0.39 is 5.79 Å². The Hall–Kier alpha value is -1.59. The van der Waals surface area contributed by atoms with E-state index in [1.54, 1.807) is 0 Å². The number of ether oxygens (including phenoxy) is 3. The second-order valence-corrected chi connectivity index (χ2v) is 6.36. The van der Waals surface area contributed by atoms with Gasteiger partial charge in [0, 0.05) is 25.9 Å². The maximum atomic E-state index is 12.3. The van der Waals surface area contributed by atoms with Gasteiger partial charge in [-0.05, 0) is 31.0 Å². The predicted molar refractivity (Wildman–Crippen MR) is 86.5 cm³/mol. The number of rotatable bonds is 4. The van der Waals surface area contributed by atoms with E-state index in [1.165, 1.54) is 0 Å². The molecular formula is C18H25NO4. The smallest absolute Gasteiger partial charge is 0.226 e. The highest BCUT2D eigenvalue weighted by Crippen LogP contribution is 2.31.